The van der Waals surface area contributed by atoms with Gasteiger partial charge in [0, 0.05) is 62.0 Å². The van der Waals surface area contributed by atoms with Gasteiger partial charge in [0.2, 0.25) is 0 Å². The van der Waals surface area contributed by atoms with E-state index in [0.717, 1.165) is 85.0 Å². The summed E-state index contributed by atoms with van der Waals surface area (Å²) in [6.07, 6.45) is 20.6. The summed E-state index contributed by atoms with van der Waals surface area (Å²) in [6.45, 7) is 11.0. The van der Waals surface area contributed by atoms with E-state index in [-0.39, 0.29) is 106 Å². The largest absolute Gasteiger partial charge is 0.478 e. The first-order valence-corrected chi connectivity index (χ1v) is 33.6. The average Bonchev–Trinajstić information content (AvgIpc) is 1.55. The van der Waals surface area contributed by atoms with Gasteiger partial charge in [0.25, 0.3) is 0 Å². The van der Waals surface area contributed by atoms with Crippen LogP contribution in [0.25, 0.3) is 34.4 Å². The van der Waals surface area contributed by atoms with Gasteiger partial charge in [-0.15, -0.1) is 0 Å². The Kier molecular flexibility index (Phi) is 25.2. The van der Waals surface area contributed by atoms with Crippen molar-refractivity contribution in [2.45, 2.75) is 118 Å². The number of para-hydroxylation sites is 2. The number of allylic oxidation sites excluding steroid dienone is 2. The molecule has 0 spiro atoms. The Labute approximate surface area is 569 Å². The molecular weight excluding hydrogens is 1260 g/mol. The van der Waals surface area contributed by atoms with E-state index >= 15 is 0 Å². The second-order valence-electron chi connectivity index (χ2n) is 26.0. The topological polar surface area (TPSA) is 258 Å². The molecule has 20 heteroatoms. The molecule has 4 heterocycles. The van der Waals surface area contributed by atoms with Crippen LogP contribution in [0.3, 0.4) is 0 Å². The van der Waals surface area contributed by atoms with Crippen molar-refractivity contribution in [3.63, 3.8) is 0 Å². The van der Waals surface area contributed by atoms with Crippen LogP contribution in [0.1, 0.15) is 138 Å². The Morgan fingerprint density at radius 2 is 0.918 bits per heavy atom. The molecule has 2 aliphatic heterocycles. The summed E-state index contributed by atoms with van der Waals surface area (Å²) in [7, 11) is 0. The molecule has 0 unspecified atom stereocenters. The second kappa shape index (κ2) is 34.0. The third kappa shape index (κ3) is 18.9. The number of rotatable bonds is 16. The SMILES string of the molecule is CC(=O)Oc1ccccc1C(=O)O.CC(=O)Oc1ccccc1C(=O)O.CCOC(=O)C[C@@H]1CC[C@@H]2[C@@H](C1)C[C@H]1C(=O)O[C@H](C)[C@H]1[C@H]2/C=C/c1ccc(-c2cccc(F)c2)cn1.CCOC(=O)C[C@@H]1CC[C@@H]2[C@@H](C1)C[C@H]1C(=O)O[C@H](C)[C@H]1[C@H]2/C=C/c1ccc(-c2cccc(F)c2)cn1. The number of carboxylic acid groups (broad SMARTS) is 2. The summed E-state index contributed by atoms with van der Waals surface area (Å²) in [5.41, 5.74) is 4.97. The summed E-state index contributed by atoms with van der Waals surface area (Å²) < 4.78 is 58.3. The smallest absolute Gasteiger partial charge is 0.339 e. The lowest BCUT2D eigenvalue weighted by atomic mass is 9.56. The van der Waals surface area contributed by atoms with E-state index in [0.29, 0.717) is 61.6 Å². The molecule has 6 aromatic rings. The molecule has 4 aromatic carbocycles. The van der Waals surface area contributed by atoms with Crippen LogP contribution in [0.2, 0.25) is 0 Å². The van der Waals surface area contributed by atoms with Crippen molar-refractivity contribution in [2.24, 2.45) is 71.0 Å². The van der Waals surface area contributed by atoms with E-state index in [1.807, 2.05) is 64.1 Å². The van der Waals surface area contributed by atoms with Crippen molar-refractivity contribution in [1.29, 1.82) is 0 Å². The number of fused-ring (bicyclic) bond motifs is 4. The van der Waals surface area contributed by atoms with Crippen LogP contribution in [0.4, 0.5) is 8.78 Å². The predicted molar refractivity (Wildman–Crippen MR) is 359 cm³/mol. The number of nitrogens with zero attached hydrogens (tertiary/aromatic N) is 2. The van der Waals surface area contributed by atoms with Crippen molar-refractivity contribution in [1.82, 2.24) is 9.97 Å². The zero-order valence-corrected chi connectivity index (χ0v) is 55.8. The molecule has 12 rings (SSSR count). The summed E-state index contributed by atoms with van der Waals surface area (Å²) in [4.78, 5) is 101. The lowest BCUT2D eigenvalue weighted by Crippen LogP contribution is -2.44. The minimum absolute atomic E-state index is 0.0160. The number of carboxylic acids is 2. The van der Waals surface area contributed by atoms with Crippen LogP contribution in [-0.4, -0.2) is 93.4 Å². The molecule has 14 atom stereocenters. The van der Waals surface area contributed by atoms with Crippen molar-refractivity contribution < 1.29 is 85.8 Å². The van der Waals surface area contributed by atoms with E-state index in [4.69, 9.17) is 29.2 Å². The molecule has 4 saturated carbocycles. The number of cyclic esters (lactones) is 2. The maximum atomic E-state index is 13.6. The molecule has 6 aliphatic rings. The average molecular weight is 1340 g/mol. The van der Waals surface area contributed by atoms with Gasteiger partial charge in [0.1, 0.15) is 46.5 Å². The van der Waals surface area contributed by atoms with E-state index in [1.165, 1.54) is 62.4 Å². The first-order valence-electron chi connectivity index (χ1n) is 33.6. The highest BCUT2D eigenvalue weighted by molar-refractivity contribution is 5.92. The van der Waals surface area contributed by atoms with Gasteiger partial charge in [-0.3, -0.25) is 38.7 Å². The molecule has 0 bridgehead atoms. The van der Waals surface area contributed by atoms with Crippen LogP contribution in [0.15, 0.2) is 146 Å². The molecule has 4 aliphatic carbocycles. The van der Waals surface area contributed by atoms with Gasteiger partial charge in [0.15, 0.2) is 0 Å². The highest BCUT2D eigenvalue weighted by Gasteiger charge is 2.56. The standard InChI is InChI=1S/2C30H34FNO4.2C9H8O4/c2*1-3-35-28(33)14-19-7-11-25-22(13-19)16-27-29(18(2)36-30(27)34)26(25)12-10-24-9-8-21(17-32-24)20-5-4-6-23(31)15-20;2*1-6(10)13-8-5-3-2-4-7(8)9(11)12/h2*4-6,8-10,12,15,17-19,22,25-27,29H,3,7,11,13-14,16H2,1-2H3;2*2-5H,1H3,(H,11,12)/b2*12-10+;;/t2*18-,19-,22+,25-,26+,27-,29+;;/m11../s1. The Balaban J connectivity index is 0.000000169. The van der Waals surface area contributed by atoms with E-state index in [2.05, 4.69) is 43.7 Å². The summed E-state index contributed by atoms with van der Waals surface area (Å²) in [6, 6.07) is 32.8. The zero-order chi connectivity index (χ0) is 70.2. The van der Waals surface area contributed by atoms with Gasteiger partial charge in [0.05, 0.1) is 36.4 Å². The number of carbonyl (C=O) groups excluding carboxylic acids is 6. The minimum Gasteiger partial charge on any atom is -0.478 e. The van der Waals surface area contributed by atoms with Crippen LogP contribution in [0, 0.1) is 82.6 Å². The molecule has 0 radical (unpaired) electrons. The quantitative estimate of drug-likeness (QED) is 0.0518. The van der Waals surface area contributed by atoms with Gasteiger partial charge in [-0.2, -0.15) is 0 Å². The van der Waals surface area contributed by atoms with E-state index in [1.54, 1.807) is 48.8 Å². The fourth-order valence-corrected chi connectivity index (χ4v) is 15.6. The van der Waals surface area contributed by atoms with Crippen LogP contribution in [0.5, 0.6) is 11.5 Å². The zero-order valence-electron chi connectivity index (χ0n) is 55.8. The highest BCUT2D eigenvalue weighted by atomic mass is 19.1. The fraction of sp³-hybridized carbons (Fsp3) is 0.410. The van der Waals surface area contributed by atoms with E-state index in [9.17, 15) is 47.1 Å². The molecule has 2 aromatic heterocycles. The molecule has 18 nitrogen and oxygen atoms in total. The number of hydrogen-bond acceptors (Lipinski definition) is 16. The van der Waals surface area contributed by atoms with Crippen molar-refractivity contribution in [3.05, 3.63) is 180 Å². The summed E-state index contributed by atoms with van der Waals surface area (Å²) >= 11 is 0. The van der Waals surface area contributed by atoms with Gasteiger partial charge < -0.3 is 38.6 Å². The maximum Gasteiger partial charge on any atom is 0.339 e. The summed E-state index contributed by atoms with van der Waals surface area (Å²) in [5.74, 6) is -1.09. The normalized spacial score (nSPS) is 25.6. The lowest BCUT2D eigenvalue weighted by molar-refractivity contribution is -0.146. The molecule has 6 fully saturated rings. The Morgan fingerprint density at radius 3 is 1.27 bits per heavy atom. The van der Waals surface area contributed by atoms with Crippen LogP contribution < -0.4 is 9.47 Å². The lowest BCUT2D eigenvalue weighted by Gasteiger charge is -2.47. The molecule has 516 valence electrons. The van der Waals surface area contributed by atoms with Crippen LogP contribution in [-0.2, 0) is 47.7 Å². The van der Waals surface area contributed by atoms with Gasteiger partial charge >= 0.3 is 47.8 Å². The first kappa shape index (κ1) is 72.5. The molecular formula is C78H84F2N2O16. The number of aromatic carboxylic acids is 2. The van der Waals surface area contributed by atoms with Gasteiger partial charge in [-0.25, -0.2) is 18.4 Å². The van der Waals surface area contributed by atoms with Crippen molar-refractivity contribution >= 4 is 59.9 Å². The van der Waals surface area contributed by atoms with Crippen molar-refractivity contribution in [2.75, 3.05) is 13.2 Å². The number of carbonyl (C=O) groups is 8. The minimum atomic E-state index is -1.11. The number of aromatic nitrogens is 2. The molecule has 0 amide bonds. The Morgan fingerprint density at radius 1 is 0.520 bits per heavy atom. The maximum absolute atomic E-state index is 13.6. The fourth-order valence-electron chi connectivity index (χ4n) is 15.6. The second-order valence-corrected chi connectivity index (χ2v) is 26.0. The van der Waals surface area contributed by atoms with Crippen molar-refractivity contribution in [3.8, 4) is 33.8 Å². The predicted octanol–water partition coefficient (Wildman–Crippen LogP) is 14.8. The molecule has 2 saturated heterocycles. The number of hydrogen-bond donors (Lipinski definition) is 2. The third-order valence-corrected chi connectivity index (χ3v) is 19.6. The number of benzene rings is 4. The number of pyridine rings is 2. The first-order chi connectivity index (χ1) is 47.1. The Bertz CT molecular complexity index is 3620. The summed E-state index contributed by atoms with van der Waals surface area (Å²) in [5, 5.41) is 17.4. The Hall–Kier alpha value is -9.72. The highest BCUT2D eigenvalue weighted by Crippen LogP contribution is 2.56. The molecule has 98 heavy (non-hydrogen) atoms. The number of ether oxygens (including phenoxy) is 6. The third-order valence-electron chi connectivity index (χ3n) is 19.6. The molecule has 2 N–H and O–H groups in total. The number of halogens is 2. The van der Waals surface area contributed by atoms with Gasteiger partial charge in [-0.05, 0) is 210 Å². The number of esters is 6. The van der Waals surface area contributed by atoms with E-state index < -0.39 is 23.9 Å². The van der Waals surface area contributed by atoms with Crippen LogP contribution >= 0.6 is 0 Å². The van der Waals surface area contributed by atoms with Gasteiger partial charge in [-0.1, -0.05) is 72.8 Å². The monoisotopic (exact) mass is 1340 g/mol.